The number of carbonyl (C=O) groups is 1. The molecule has 0 atom stereocenters. The maximum Gasteiger partial charge on any atom is 0.412 e. The lowest BCUT2D eigenvalue weighted by Crippen LogP contribution is -2.27. The van der Waals surface area contributed by atoms with Crippen LogP contribution in [0.15, 0.2) is 18.2 Å². The van der Waals surface area contributed by atoms with E-state index in [4.69, 9.17) is 4.74 Å². The van der Waals surface area contributed by atoms with Crippen molar-refractivity contribution in [3.63, 3.8) is 0 Å². The molecule has 2 N–H and O–H groups in total. The number of hydrogen-bond acceptors (Lipinski definition) is 3. The van der Waals surface area contributed by atoms with Crippen molar-refractivity contribution in [2.75, 3.05) is 11.9 Å². The third-order valence-electron chi connectivity index (χ3n) is 2.52. The minimum Gasteiger partial charge on any atom is -0.444 e. The molecule has 1 aromatic rings. The average Bonchev–Trinajstić information content (AvgIpc) is 2.27. The van der Waals surface area contributed by atoms with E-state index in [1.807, 2.05) is 39.8 Å². The predicted octanol–water partition coefficient (Wildman–Crippen LogP) is 3.45. The number of amides is 1. The molecule has 4 nitrogen and oxygen atoms in total. The zero-order chi connectivity index (χ0) is 14.5. The second-order valence-electron chi connectivity index (χ2n) is 5.56. The second-order valence-corrected chi connectivity index (χ2v) is 5.56. The first-order valence-electron chi connectivity index (χ1n) is 6.62. The number of ether oxygens (including phenoxy) is 1. The SMILES string of the molecule is CCNCc1ccc(C)c(NC(=O)OC(C)(C)C)c1. The van der Waals surface area contributed by atoms with E-state index < -0.39 is 11.7 Å². The number of anilines is 1. The van der Waals surface area contributed by atoms with Gasteiger partial charge in [0, 0.05) is 12.2 Å². The number of hydrogen-bond donors (Lipinski definition) is 2. The van der Waals surface area contributed by atoms with Crippen molar-refractivity contribution in [3.8, 4) is 0 Å². The minimum atomic E-state index is -0.487. The summed E-state index contributed by atoms with van der Waals surface area (Å²) in [6.07, 6.45) is -0.420. The van der Waals surface area contributed by atoms with Crippen LogP contribution in [0.2, 0.25) is 0 Å². The van der Waals surface area contributed by atoms with Crippen LogP contribution in [0.5, 0.6) is 0 Å². The lowest BCUT2D eigenvalue weighted by atomic mass is 10.1. The highest BCUT2D eigenvalue weighted by Gasteiger charge is 2.16. The summed E-state index contributed by atoms with van der Waals surface area (Å²) in [5.41, 5.74) is 2.47. The Morgan fingerprint density at radius 1 is 1.32 bits per heavy atom. The third kappa shape index (κ3) is 5.75. The van der Waals surface area contributed by atoms with Crippen molar-refractivity contribution < 1.29 is 9.53 Å². The minimum absolute atomic E-state index is 0.420. The van der Waals surface area contributed by atoms with Crippen LogP contribution in [0.4, 0.5) is 10.5 Å². The number of aryl methyl sites for hydroxylation is 1. The van der Waals surface area contributed by atoms with Gasteiger partial charge < -0.3 is 10.1 Å². The average molecular weight is 264 g/mol. The second kappa shape index (κ2) is 6.57. The van der Waals surface area contributed by atoms with Gasteiger partial charge in [0.1, 0.15) is 5.60 Å². The van der Waals surface area contributed by atoms with Crippen LogP contribution in [0.25, 0.3) is 0 Å². The molecule has 0 spiro atoms. The molecule has 0 aliphatic carbocycles. The van der Waals surface area contributed by atoms with Crippen molar-refractivity contribution in [1.82, 2.24) is 5.32 Å². The Labute approximate surface area is 115 Å². The Morgan fingerprint density at radius 2 is 2.00 bits per heavy atom. The highest BCUT2D eigenvalue weighted by atomic mass is 16.6. The molecule has 0 heterocycles. The van der Waals surface area contributed by atoms with Gasteiger partial charge in [-0.15, -0.1) is 0 Å². The van der Waals surface area contributed by atoms with Crippen LogP contribution in [0.1, 0.15) is 38.8 Å². The van der Waals surface area contributed by atoms with Crippen LogP contribution < -0.4 is 10.6 Å². The van der Waals surface area contributed by atoms with Gasteiger partial charge in [-0.25, -0.2) is 4.79 Å². The number of nitrogens with one attached hydrogen (secondary N) is 2. The van der Waals surface area contributed by atoms with E-state index in [2.05, 4.69) is 23.6 Å². The summed E-state index contributed by atoms with van der Waals surface area (Å²) in [5.74, 6) is 0. The van der Waals surface area contributed by atoms with Gasteiger partial charge in [0.05, 0.1) is 0 Å². The third-order valence-corrected chi connectivity index (χ3v) is 2.52. The lowest BCUT2D eigenvalue weighted by molar-refractivity contribution is 0.0636. The molecule has 0 saturated heterocycles. The molecule has 0 unspecified atom stereocenters. The topological polar surface area (TPSA) is 50.4 Å². The quantitative estimate of drug-likeness (QED) is 0.875. The molecule has 106 valence electrons. The summed E-state index contributed by atoms with van der Waals surface area (Å²) in [5, 5.41) is 6.05. The Hall–Kier alpha value is -1.55. The number of carbonyl (C=O) groups excluding carboxylic acids is 1. The smallest absolute Gasteiger partial charge is 0.412 e. The molecule has 1 aromatic carbocycles. The fourth-order valence-electron chi connectivity index (χ4n) is 1.60. The normalized spacial score (nSPS) is 11.2. The van der Waals surface area contributed by atoms with Crippen molar-refractivity contribution in [3.05, 3.63) is 29.3 Å². The van der Waals surface area contributed by atoms with E-state index in [1.165, 1.54) is 0 Å². The molecule has 0 fully saturated rings. The molecule has 0 bridgehead atoms. The number of rotatable bonds is 4. The van der Waals surface area contributed by atoms with Crippen LogP contribution in [0.3, 0.4) is 0 Å². The highest BCUT2D eigenvalue weighted by molar-refractivity contribution is 5.86. The summed E-state index contributed by atoms with van der Waals surface area (Å²) < 4.78 is 5.25. The molecule has 0 saturated carbocycles. The Morgan fingerprint density at radius 3 is 2.58 bits per heavy atom. The van der Waals surface area contributed by atoms with Gasteiger partial charge in [-0.05, 0) is 51.4 Å². The number of benzene rings is 1. The first kappa shape index (κ1) is 15.5. The van der Waals surface area contributed by atoms with Crippen molar-refractivity contribution >= 4 is 11.8 Å². The van der Waals surface area contributed by atoms with Gasteiger partial charge in [0.15, 0.2) is 0 Å². The zero-order valence-electron chi connectivity index (χ0n) is 12.5. The van der Waals surface area contributed by atoms with Crippen molar-refractivity contribution in [2.45, 2.75) is 46.8 Å². The molecule has 19 heavy (non-hydrogen) atoms. The van der Waals surface area contributed by atoms with Gasteiger partial charge in [-0.2, -0.15) is 0 Å². The Bertz CT molecular complexity index is 436. The summed E-state index contributed by atoms with van der Waals surface area (Å²) in [7, 11) is 0. The molecule has 0 aliphatic heterocycles. The molecule has 4 heteroatoms. The molecule has 1 amide bonds. The highest BCUT2D eigenvalue weighted by Crippen LogP contribution is 2.18. The van der Waals surface area contributed by atoms with E-state index >= 15 is 0 Å². The van der Waals surface area contributed by atoms with E-state index in [9.17, 15) is 4.79 Å². The fraction of sp³-hybridized carbons (Fsp3) is 0.533. The molecular weight excluding hydrogens is 240 g/mol. The largest absolute Gasteiger partial charge is 0.444 e. The Kier molecular flexibility index (Phi) is 5.36. The summed E-state index contributed by atoms with van der Waals surface area (Å²) in [4.78, 5) is 11.8. The Balaban J connectivity index is 2.73. The van der Waals surface area contributed by atoms with E-state index in [1.54, 1.807) is 0 Å². The molecule has 1 rings (SSSR count). The van der Waals surface area contributed by atoms with Gasteiger partial charge in [-0.1, -0.05) is 19.1 Å². The molecule has 0 radical (unpaired) electrons. The van der Waals surface area contributed by atoms with Crippen LogP contribution in [-0.2, 0) is 11.3 Å². The van der Waals surface area contributed by atoms with Crippen LogP contribution in [0, 0.1) is 6.92 Å². The lowest BCUT2D eigenvalue weighted by Gasteiger charge is -2.20. The predicted molar refractivity (Wildman–Crippen MR) is 78.4 cm³/mol. The molecule has 0 aromatic heterocycles. The van der Waals surface area contributed by atoms with Gasteiger partial charge in [-0.3, -0.25) is 5.32 Å². The zero-order valence-corrected chi connectivity index (χ0v) is 12.5. The van der Waals surface area contributed by atoms with Gasteiger partial charge in [0.25, 0.3) is 0 Å². The maximum absolute atomic E-state index is 11.8. The maximum atomic E-state index is 11.8. The standard InChI is InChI=1S/C15H24N2O2/c1-6-16-10-12-8-7-11(2)13(9-12)17-14(18)19-15(3,4)5/h7-9,16H,6,10H2,1-5H3,(H,17,18). The monoisotopic (exact) mass is 264 g/mol. The van der Waals surface area contributed by atoms with E-state index in [-0.39, 0.29) is 0 Å². The van der Waals surface area contributed by atoms with Gasteiger partial charge in [0.2, 0.25) is 0 Å². The summed E-state index contributed by atoms with van der Waals surface area (Å²) >= 11 is 0. The van der Waals surface area contributed by atoms with E-state index in [0.29, 0.717) is 0 Å². The van der Waals surface area contributed by atoms with Crippen LogP contribution in [-0.4, -0.2) is 18.2 Å². The molecular formula is C15H24N2O2. The van der Waals surface area contributed by atoms with E-state index in [0.717, 1.165) is 29.9 Å². The molecule has 0 aliphatic rings. The van der Waals surface area contributed by atoms with Crippen molar-refractivity contribution in [1.29, 1.82) is 0 Å². The van der Waals surface area contributed by atoms with Crippen LogP contribution >= 0.6 is 0 Å². The fourth-order valence-corrected chi connectivity index (χ4v) is 1.60. The first-order valence-corrected chi connectivity index (χ1v) is 6.62. The van der Waals surface area contributed by atoms with Gasteiger partial charge >= 0.3 is 6.09 Å². The summed E-state index contributed by atoms with van der Waals surface area (Å²) in [6.45, 7) is 11.3. The van der Waals surface area contributed by atoms with Crippen molar-refractivity contribution in [2.24, 2.45) is 0 Å². The summed E-state index contributed by atoms with van der Waals surface area (Å²) in [6, 6.07) is 6.03. The first-order chi connectivity index (χ1) is 8.81.